The smallest absolute Gasteiger partial charge is 0.416 e. The first kappa shape index (κ1) is 20.1. The maximum atomic E-state index is 12.5. The molecule has 0 unspecified atom stereocenters. The van der Waals surface area contributed by atoms with Crippen LogP contribution in [0.15, 0.2) is 48.5 Å². The molecule has 1 N–H and O–H groups in total. The van der Waals surface area contributed by atoms with Crippen LogP contribution in [-0.4, -0.2) is 41.7 Å². The lowest BCUT2D eigenvalue weighted by molar-refractivity contribution is -0.147. The summed E-state index contributed by atoms with van der Waals surface area (Å²) in [4.78, 5) is 48.7. The van der Waals surface area contributed by atoms with Crippen molar-refractivity contribution in [3.8, 4) is 0 Å². The molecule has 1 aliphatic heterocycles. The van der Waals surface area contributed by atoms with Crippen LogP contribution in [0.4, 0.5) is 18.9 Å². The Morgan fingerprint density at radius 2 is 1.48 bits per heavy atom. The summed E-state index contributed by atoms with van der Waals surface area (Å²) in [5.41, 5.74) is -0.446. The van der Waals surface area contributed by atoms with Crippen molar-refractivity contribution >= 4 is 29.4 Å². The number of rotatable bonds is 5. The molecular weight excluding hydrogens is 393 g/mol. The van der Waals surface area contributed by atoms with Gasteiger partial charge in [0.1, 0.15) is 6.54 Å². The Balaban J connectivity index is 1.50. The summed E-state index contributed by atoms with van der Waals surface area (Å²) >= 11 is 0. The molecule has 150 valence electrons. The molecule has 3 amide bonds. The van der Waals surface area contributed by atoms with Crippen LogP contribution < -0.4 is 5.32 Å². The number of esters is 1. The molecular formula is C19H13F3N2O5. The molecule has 0 spiro atoms. The molecule has 0 radical (unpaired) electrons. The van der Waals surface area contributed by atoms with Crippen molar-refractivity contribution < 1.29 is 37.1 Å². The summed E-state index contributed by atoms with van der Waals surface area (Å²) in [5, 5.41) is 2.27. The Morgan fingerprint density at radius 3 is 2.00 bits per heavy atom. The van der Waals surface area contributed by atoms with Gasteiger partial charge in [-0.15, -0.1) is 0 Å². The van der Waals surface area contributed by atoms with Gasteiger partial charge < -0.3 is 10.1 Å². The van der Waals surface area contributed by atoms with Crippen LogP contribution >= 0.6 is 0 Å². The van der Waals surface area contributed by atoms with E-state index >= 15 is 0 Å². The number of nitrogens with zero attached hydrogens (tertiary/aromatic N) is 1. The second-order valence-electron chi connectivity index (χ2n) is 6.03. The molecule has 0 aromatic heterocycles. The molecule has 0 fully saturated rings. The van der Waals surface area contributed by atoms with Crippen LogP contribution in [0.2, 0.25) is 0 Å². The molecule has 1 heterocycles. The van der Waals surface area contributed by atoms with E-state index in [4.69, 9.17) is 4.74 Å². The van der Waals surface area contributed by atoms with Crippen LogP contribution in [0.5, 0.6) is 0 Å². The third-order valence-corrected chi connectivity index (χ3v) is 4.03. The minimum atomic E-state index is -4.50. The fourth-order valence-electron chi connectivity index (χ4n) is 2.64. The van der Waals surface area contributed by atoms with Crippen molar-refractivity contribution in [1.29, 1.82) is 0 Å². The number of fused-ring (bicyclic) bond motifs is 1. The molecule has 0 aliphatic carbocycles. The zero-order chi connectivity index (χ0) is 21.2. The number of carbonyl (C=O) groups excluding carboxylic acids is 4. The zero-order valence-corrected chi connectivity index (χ0v) is 14.7. The molecule has 2 aromatic rings. The highest BCUT2D eigenvalue weighted by Gasteiger charge is 2.36. The molecule has 0 saturated carbocycles. The summed E-state index contributed by atoms with van der Waals surface area (Å²) in [5.74, 6) is -3.06. The lowest BCUT2D eigenvalue weighted by atomic mass is 10.1. The second-order valence-corrected chi connectivity index (χ2v) is 6.03. The van der Waals surface area contributed by atoms with Crippen molar-refractivity contribution in [2.75, 3.05) is 18.5 Å². The predicted octanol–water partition coefficient (Wildman–Crippen LogP) is 2.48. The Morgan fingerprint density at radius 1 is 0.931 bits per heavy atom. The quantitative estimate of drug-likeness (QED) is 0.608. The Labute approximate surface area is 162 Å². The molecule has 3 rings (SSSR count). The summed E-state index contributed by atoms with van der Waals surface area (Å²) in [6.07, 6.45) is -4.50. The molecule has 29 heavy (non-hydrogen) atoms. The maximum Gasteiger partial charge on any atom is 0.416 e. The van der Waals surface area contributed by atoms with Gasteiger partial charge in [0.15, 0.2) is 6.61 Å². The number of nitrogens with one attached hydrogen (secondary N) is 1. The number of carbonyl (C=O) groups is 4. The van der Waals surface area contributed by atoms with Crippen molar-refractivity contribution in [3.63, 3.8) is 0 Å². The minimum absolute atomic E-state index is 0.0828. The van der Waals surface area contributed by atoms with Gasteiger partial charge in [0, 0.05) is 5.69 Å². The Hall–Kier alpha value is -3.69. The van der Waals surface area contributed by atoms with Crippen LogP contribution in [0.1, 0.15) is 26.3 Å². The van der Waals surface area contributed by atoms with Crippen molar-refractivity contribution in [3.05, 3.63) is 65.2 Å². The SMILES string of the molecule is O=C(COC(=O)CN1C(=O)c2ccccc2C1=O)Nc1ccc(C(F)(F)F)cc1. The van der Waals surface area contributed by atoms with Gasteiger partial charge in [0.2, 0.25) is 0 Å². The Kier molecular flexibility index (Phi) is 5.35. The zero-order valence-electron chi connectivity index (χ0n) is 14.7. The Bertz CT molecular complexity index is 951. The van der Waals surface area contributed by atoms with Gasteiger partial charge in [-0.05, 0) is 36.4 Å². The lowest BCUT2D eigenvalue weighted by Crippen LogP contribution is -2.36. The molecule has 2 aromatic carbocycles. The number of alkyl halides is 3. The summed E-state index contributed by atoms with van der Waals surface area (Å²) in [6, 6.07) is 9.78. The third kappa shape index (κ3) is 4.42. The molecule has 0 bridgehead atoms. The molecule has 7 nitrogen and oxygen atoms in total. The third-order valence-electron chi connectivity index (χ3n) is 4.03. The fourth-order valence-corrected chi connectivity index (χ4v) is 2.64. The first-order valence-corrected chi connectivity index (χ1v) is 8.25. The highest BCUT2D eigenvalue weighted by atomic mass is 19.4. The van der Waals surface area contributed by atoms with Gasteiger partial charge in [-0.1, -0.05) is 12.1 Å². The van der Waals surface area contributed by atoms with E-state index in [0.717, 1.165) is 24.3 Å². The van der Waals surface area contributed by atoms with Gasteiger partial charge in [-0.2, -0.15) is 13.2 Å². The highest BCUT2D eigenvalue weighted by Crippen LogP contribution is 2.29. The largest absolute Gasteiger partial charge is 0.454 e. The van der Waals surface area contributed by atoms with E-state index in [1.54, 1.807) is 12.1 Å². The molecule has 10 heteroatoms. The predicted molar refractivity (Wildman–Crippen MR) is 92.8 cm³/mol. The van der Waals surface area contributed by atoms with E-state index in [9.17, 15) is 32.3 Å². The summed E-state index contributed by atoms with van der Waals surface area (Å²) in [7, 11) is 0. The molecule has 1 aliphatic rings. The molecule has 0 atom stereocenters. The monoisotopic (exact) mass is 406 g/mol. The van der Waals surface area contributed by atoms with E-state index in [2.05, 4.69) is 5.32 Å². The number of benzene rings is 2. The number of hydrogen-bond acceptors (Lipinski definition) is 5. The minimum Gasteiger partial charge on any atom is -0.454 e. The van der Waals surface area contributed by atoms with E-state index in [-0.39, 0.29) is 16.8 Å². The lowest BCUT2D eigenvalue weighted by Gasteiger charge is -2.13. The molecule has 0 saturated heterocycles. The number of ether oxygens (including phenoxy) is 1. The van der Waals surface area contributed by atoms with Gasteiger partial charge in [-0.3, -0.25) is 24.1 Å². The first-order valence-electron chi connectivity index (χ1n) is 8.25. The average Bonchev–Trinajstić information content (AvgIpc) is 2.91. The number of amides is 3. The van der Waals surface area contributed by atoms with E-state index in [0.29, 0.717) is 4.90 Å². The highest BCUT2D eigenvalue weighted by molar-refractivity contribution is 6.22. The number of hydrogen-bond donors (Lipinski definition) is 1. The van der Waals surface area contributed by atoms with Crippen molar-refractivity contribution in [2.45, 2.75) is 6.18 Å². The van der Waals surface area contributed by atoms with E-state index in [1.807, 2.05) is 0 Å². The van der Waals surface area contributed by atoms with Crippen LogP contribution in [0, 0.1) is 0 Å². The van der Waals surface area contributed by atoms with Crippen molar-refractivity contribution in [1.82, 2.24) is 4.90 Å². The van der Waals surface area contributed by atoms with Crippen LogP contribution in [0.25, 0.3) is 0 Å². The normalized spacial score (nSPS) is 13.3. The topological polar surface area (TPSA) is 92.8 Å². The van der Waals surface area contributed by atoms with Crippen LogP contribution in [-0.2, 0) is 20.5 Å². The van der Waals surface area contributed by atoms with Crippen molar-refractivity contribution in [2.24, 2.45) is 0 Å². The first-order chi connectivity index (χ1) is 13.7. The van der Waals surface area contributed by atoms with Gasteiger partial charge in [0.05, 0.1) is 16.7 Å². The fraction of sp³-hybridized carbons (Fsp3) is 0.158. The van der Waals surface area contributed by atoms with Gasteiger partial charge in [-0.25, -0.2) is 0 Å². The number of halogens is 3. The summed E-state index contributed by atoms with van der Waals surface area (Å²) in [6.45, 7) is -1.40. The van der Waals surface area contributed by atoms with E-state index < -0.39 is 48.6 Å². The van der Waals surface area contributed by atoms with Crippen LogP contribution in [0.3, 0.4) is 0 Å². The number of imide groups is 1. The maximum absolute atomic E-state index is 12.5. The standard InChI is InChI=1S/C19H13F3N2O5/c20-19(21,22)11-5-7-12(8-6-11)23-15(25)10-29-16(26)9-24-17(27)13-3-1-2-4-14(13)18(24)28/h1-8H,9-10H2,(H,23,25). The number of anilines is 1. The van der Waals surface area contributed by atoms with Gasteiger partial charge >= 0.3 is 12.1 Å². The average molecular weight is 406 g/mol. The second kappa shape index (κ2) is 7.74. The summed E-state index contributed by atoms with van der Waals surface area (Å²) < 4.78 is 42.2. The van der Waals surface area contributed by atoms with E-state index in [1.165, 1.54) is 12.1 Å². The van der Waals surface area contributed by atoms with Gasteiger partial charge in [0.25, 0.3) is 17.7 Å².